The number of carbonyl (C=O) groups excluding carboxylic acids is 8. The van der Waals surface area contributed by atoms with Crippen molar-refractivity contribution in [2.75, 3.05) is 32.1 Å². The van der Waals surface area contributed by atoms with Crippen molar-refractivity contribution in [3.63, 3.8) is 0 Å². The molecule has 26 heteroatoms. The van der Waals surface area contributed by atoms with Crippen LogP contribution >= 0.6 is 21.6 Å². The van der Waals surface area contributed by atoms with Gasteiger partial charge >= 0.3 is 12.2 Å². The number of carbonyl (C=O) groups is 8. The molecule has 5 aliphatic rings. The number of sulfonamides is 1. The van der Waals surface area contributed by atoms with Crippen molar-refractivity contribution in [3.05, 3.63) is 124 Å². The summed E-state index contributed by atoms with van der Waals surface area (Å²) in [6.45, 7) is 11.2. The molecule has 4 aliphatic carbocycles. The standard InChI is InChI=1S/C76H100N10O13S3/c1-75(2,3)98-73(93)84-63-31-17-15-29-61(63)82-71(91)50-39-51(72(92)83-62-30-16-18-32-64(62)85-74(94)99-76(4,5)6)45-54(44-50)101-100-53-42-48-38-49(43-53)70(90)81-60-28-14-12-26-58(60)79-68(88)47-37-46(67(87)78-57-25-11-13-27-59(57)80-69(48)89)40-52(41-47)97-36-20-10-9-19-35-77-102(95,96)66-34-22-23-55-56(66)24-21-33-65(55)86(7)8/h21-24,33-34,37-45,57-64,77H,9-20,25-32,35-36H2,1-8H3,(H,78,87)(H,79,88)(H,80,89)(H,81,90)(H,82,91)(H,83,92)(H,84,93)(H,85,94)/t57-,58-,59-,60-,61-,62-,63-,64-/m1/s1. The first kappa shape index (κ1) is 76.6. The Labute approximate surface area is 607 Å². The largest absolute Gasteiger partial charge is 0.494 e. The summed E-state index contributed by atoms with van der Waals surface area (Å²) in [4.78, 5) is 117. The van der Waals surface area contributed by atoms with E-state index in [1.165, 1.54) is 33.7 Å². The Hall–Kier alpha value is -8.07. The summed E-state index contributed by atoms with van der Waals surface area (Å²) in [5.74, 6) is -2.45. The van der Waals surface area contributed by atoms with Crippen molar-refractivity contribution >= 4 is 95.7 Å². The van der Waals surface area contributed by atoms with Crippen LogP contribution in [0, 0.1) is 0 Å². The molecule has 5 aromatic carbocycles. The number of hydrogen-bond donors (Lipinski definition) is 9. The van der Waals surface area contributed by atoms with Crippen LogP contribution in [0.25, 0.3) is 10.8 Å². The van der Waals surface area contributed by atoms with E-state index in [-0.39, 0.29) is 51.4 Å². The molecule has 0 spiro atoms. The number of ether oxygens (including phenoxy) is 3. The van der Waals surface area contributed by atoms with Crippen LogP contribution in [-0.4, -0.2) is 143 Å². The van der Waals surface area contributed by atoms with E-state index in [0.29, 0.717) is 85.1 Å². The van der Waals surface area contributed by atoms with E-state index >= 15 is 0 Å². The Morgan fingerprint density at radius 2 is 0.873 bits per heavy atom. The fraction of sp³-hybridized carbons (Fsp3) is 0.526. The maximum atomic E-state index is 14.8. The molecule has 4 fully saturated rings. The molecule has 0 radical (unpaired) electrons. The van der Waals surface area contributed by atoms with Crippen molar-refractivity contribution in [1.82, 2.24) is 47.3 Å². The predicted molar refractivity (Wildman–Crippen MR) is 396 cm³/mol. The summed E-state index contributed by atoms with van der Waals surface area (Å²) in [7, 11) is 2.49. The summed E-state index contributed by atoms with van der Waals surface area (Å²) >= 11 is 0. The summed E-state index contributed by atoms with van der Waals surface area (Å²) in [6, 6.07) is 21.7. The molecule has 0 unspecified atom stereocenters. The Morgan fingerprint density at radius 3 is 1.31 bits per heavy atom. The number of rotatable bonds is 20. The number of benzene rings is 5. The molecule has 4 bridgehead atoms. The second kappa shape index (κ2) is 34.5. The maximum Gasteiger partial charge on any atom is 0.407 e. The third kappa shape index (κ3) is 21.3. The van der Waals surface area contributed by atoms with Crippen LogP contribution in [0.15, 0.2) is 106 Å². The number of hydrogen-bond acceptors (Lipinski definition) is 16. The van der Waals surface area contributed by atoms with Crippen LogP contribution in [0.5, 0.6) is 5.75 Å². The van der Waals surface area contributed by atoms with Crippen LogP contribution in [-0.2, 0) is 19.5 Å². The smallest absolute Gasteiger partial charge is 0.407 e. The van der Waals surface area contributed by atoms with Crippen molar-refractivity contribution < 1.29 is 61.0 Å². The van der Waals surface area contributed by atoms with Crippen LogP contribution in [0.2, 0.25) is 0 Å². The highest BCUT2D eigenvalue weighted by atomic mass is 33.1. The van der Waals surface area contributed by atoms with Crippen LogP contribution < -0.4 is 56.9 Å². The fourth-order valence-corrected chi connectivity index (χ4v) is 17.5. The van der Waals surface area contributed by atoms with E-state index in [1.807, 2.05) is 43.3 Å². The fourth-order valence-electron chi connectivity index (χ4n) is 14.1. The number of amides is 8. The average molecular weight is 1460 g/mol. The second-order valence-electron chi connectivity index (χ2n) is 29.7. The van der Waals surface area contributed by atoms with Gasteiger partial charge in [0.1, 0.15) is 17.0 Å². The minimum atomic E-state index is -3.79. The highest BCUT2D eigenvalue weighted by Crippen LogP contribution is 2.40. The van der Waals surface area contributed by atoms with E-state index < -0.39 is 117 Å². The molecule has 23 nitrogen and oxygen atoms in total. The minimum Gasteiger partial charge on any atom is -0.494 e. The SMILES string of the molecule is CN(C)c1cccc2c(S(=O)(=O)NCCCCCCOc3cc4cc(c3)C(=O)N[C@@H]3CCCC[C@H]3NC(=O)c3cc(SSc5cc(C(=O)N[C@@H]6CCCC[C@H]6NC(=O)OC(C)(C)C)cc(C(=O)N[C@@H]6CCCC[C@H]6NC(=O)OC(C)(C)C)c5)cc(c3)C(=O)N[C@@H]3CCCC[C@H]3NC4=O)cccc12. The lowest BCUT2D eigenvalue weighted by Gasteiger charge is -2.34. The zero-order valence-electron chi connectivity index (χ0n) is 59.8. The molecular weight excluding hydrogens is 1360 g/mol. The Balaban J connectivity index is 0.853. The van der Waals surface area contributed by atoms with Gasteiger partial charge in [-0.1, -0.05) is 110 Å². The first-order valence-corrected chi connectivity index (χ1v) is 39.7. The number of alkyl carbamates (subject to hydrolysis) is 2. The third-order valence-electron chi connectivity index (χ3n) is 19.2. The highest BCUT2D eigenvalue weighted by molar-refractivity contribution is 8.76. The number of fused-ring (bicyclic) bond motifs is 7. The zero-order chi connectivity index (χ0) is 72.9. The van der Waals surface area contributed by atoms with Crippen LogP contribution in [0.1, 0.15) is 232 Å². The van der Waals surface area contributed by atoms with E-state index in [2.05, 4.69) is 47.3 Å². The molecule has 8 atom stereocenters. The van der Waals surface area contributed by atoms with Crippen molar-refractivity contribution in [3.8, 4) is 5.75 Å². The predicted octanol–water partition coefficient (Wildman–Crippen LogP) is 12.0. The molecular formula is C76H100N10O13S3. The van der Waals surface area contributed by atoms with Gasteiger partial charge < -0.3 is 61.6 Å². The Morgan fingerprint density at radius 1 is 0.480 bits per heavy atom. The van der Waals surface area contributed by atoms with Crippen molar-refractivity contribution in [2.24, 2.45) is 0 Å². The molecule has 550 valence electrons. The maximum absolute atomic E-state index is 14.8. The lowest BCUT2D eigenvalue weighted by atomic mass is 9.89. The molecule has 1 heterocycles. The summed E-state index contributed by atoms with van der Waals surface area (Å²) in [6.07, 6.45) is 12.5. The second-order valence-corrected chi connectivity index (χ2v) is 33.7. The third-order valence-corrected chi connectivity index (χ3v) is 23.0. The van der Waals surface area contributed by atoms with Gasteiger partial charge in [0.15, 0.2) is 0 Å². The van der Waals surface area contributed by atoms with Gasteiger partial charge in [-0.05, 0) is 172 Å². The number of nitrogens with zero attached hydrogens (tertiary/aromatic N) is 1. The van der Waals surface area contributed by atoms with Gasteiger partial charge in [0.2, 0.25) is 10.0 Å². The zero-order valence-corrected chi connectivity index (χ0v) is 62.3. The van der Waals surface area contributed by atoms with E-state index in [0.717, 1.165) is 75.3 Å². The number of nitrogens with one attached hydrogen (secondary N) is 9. The van der Waals surface area contributed by atoms with E-state index in [1.54, 1.807) is 96.1 Å². The molecule has 10 rings (SSSR count). The van der Waals surface area contributed by atoms with Crippen molar-refractivity contribution in [1.29, 1.82) is 0 Å². The van der Waals surface area contributed by atoms with E-state index in [4.69, 9.17) is 14.2 Å². The van der Waals surface area contributed by atoms with Gasteiger partial charge in [-0.15, -0.1) is 0 Å². The van der Waals surface area contributed by atoms with Crippen LogP contribution in [0.3, 0.4) is 0 Å². The highest BCUT2D eigenvalue weighted by Gasteiger charge is 2.36. The van der Waals surface area contributed by atoms with Gasteiger partial charge in [0, 0.05) is 117 Å². The van der Waals surface area contributed by atoms with Gasteiger partial charge in [0.05, 0.1) is 23.6 Å². The first-order valence-electron chi connectivity index (χ1n) is 36.1. The van der Waals surface area contributed by atoms with E-state index in [9.17, 15) is 46.8 Å². The summed E-state index contributed by atoms with van der Waals surface area (Å²) in [5, 5.41) is 26.5. The van der Waals surface area contributed by atoms with Crippen molar-refractivity contribution in [2.45, 2.75) is 244 Å². The lowest BCUT2D eigenvalue weighted by Crippen LogP contribution is -2.54. The van der Waals surface area contributed by atoms with Gasteiger partial charge in [0.25, 0.3) is 35.4 Å². The number of unbranched alkanes of at least 4 members (excludes halogenated alkanes) is 3. The van der Waals surface area contributed by atoms with Gasteiger partial charge in [-0.2, -0.15) is 0 Å². The molecule has 0 saturated heterocycles. The molecule has 5 aromatic rings. The molecule has 9 N–H and O–H groups in total. The Bertz CT molecular complexity index is 3840. The monoisotopic (exact) mass is 1460 g/mol. The molecule has 8 amide bonds. The minimum absolute atomic E-state index is 0.177. The average Bonchev–Trinajstić information content (AvgIpc) is 0.780. The molecule has 102 heavy (non-hydrogen) atoms. The lowest BCUT2D eigenvalue weighted by molar-refractivity contribution is 0.0466. The molecule has 1 aliphatic heterocycles. The van der Waals surface area contributed by atoms with Crippen LogP contribution in [0.4, 0.5) is 15.3 Å². The Kier molecular flexibility index (Phi) is 25.9. The molecule has 4 saturated carbocycles. The van der Waals surface area contributed by atoms with Gasteiger partial charge in [-0.3, -0.25) is 28.8 Å². The summed E-state index contributed by atoms with van der Waals surface area (Å²) < 4.78 is 47.3. The number of anilines is 1. The quantitative estimate of drug-likeness (QED) is 0.0258. The first-order chi connectivity index (χ1) is 48.6. The summed E-state index contributed by atoms with van der Waals surface area (Å²) in [5.41, 5.74) is 0.561. The molecule has 0 aromatic heterocycles. The van der Waals surface area contributed by atoms with Gasteiger partial charge in [-0.25, -0.2) is 22.7 Å². The topological polar surface area (TPSA) is 310 Å². The normalized spacial score (nSPS) is 22.1.